The zero-order valence-corrected chi connectivity index (χ0v) is 11.4. The molecule has 3 nitrogen and oxygen atoms in total. The molecule has 1 amide bonds. The van der Waals surface area contributed by atoms with Crippen LogP contribution in [0.15, 0.2) is 24.3 Å². The van der Waals surface area contributed by atoms with Crippen LogP contribution in [-0.2, 0) is 11.2 Å². The predicted molar refractivity (Wildman–Crippen MR) is 76.6 cm³/mol. The highest BCUT2D eigenvalue weighted by Crippen LogP contribution is 2.17. The summed E-state index contributed by atoms with van der Waals surface area (Å²) in [4.78, 5) is 11.8. The number of nitrogens with one attached hydrogen (secondary N) is 1. The molecule has 0 fully saturated rings. The molecule has 0 spiro atoms. The molecular formula is C15H24N2O. The Balaban J connectivity index is 2.48. The summed E-state index contributed by atoms with van der Waals surface area (Å²) in [6.07, 6.45) is 4.36. The zero-order chi connectivity index (χ0) is 13.4. The third-order valence-corrected chi connectivity index (χ3v) is 2.87. The van der Waals surface area contributed by atoms with Gasteiger partial charge < -0.3 is 11.1 Å². The third kappa shape index (κ3) is 5.32. The van der Waals surface area contributed by atoms with Crippen LogP contribution in [0.1, 0.15) is 45.1 Å². The Bertz CT molecular complexity index is 375. The second kappa shape index (κ2) is 7.88. The molecule has 1 unspecified atom stereocenters. The fraction of sp³-hybridized carbons (Fsp3) is 0.533. The van der Waals surface area contributed by atoms with Gasteiger partial charge in [-0.05, 0) is 37.8 Å². The monoisotopic (exact) mass is 248 g/mol. The highest BCUT2D eigenvalue weighted by Gasteiger charge is 2.06. The topological polar surface area (TPSA) is 55.1 Å². The molecule has 0 aliphatic rings. The molecular weight excluding hydrogens is 224 g/mol. The van der Waals surface area contributed by atoms with Crippen molar-refractivity contribution < 1.29 is 4.79 Å². The second-order valence-electron chi connectivity index (χ2n) is 4.82. The Morgan fingerprint density at radius 2 is 2.11 bits per heavy atom. The van der Waals surface area contributed by atoms with E-state index >= 15 is 0 Å². The molecule has 3 N–H and O–H groups in total. The predicted octanol–water partition coefficient (Wildman–Crippen LogP) is 3.10. The number of amides is 1. The molecule has 18 heavy (non-hydrogen) atoms. The van der Waals surface area contributed by atoms with Crippen LogP contribution in [0.5, 0.6) is 0 Å². The van der Waals surface area contributed by atoms with Crippen molar-refractivity contribution >= 4 is 11.6 Å². The van der Waals surface area contributed by atoms with E-state index in [0.29, 0.717) is 6.42 Å². The minimum absolute atomic E-state index is 0.0826. The Morgan fingerprint density at radius 1 is 1.39 bits per heavy atom. The summed E-state index contributed by atoms with van der Waals surface area (Å²) in [5.74, 6) is 0.0826. The number of anilines is 1. The highest BCUT2D eigenvalue weighted by atomic mass is 16.1. The number of carbonyl (C=O) groups excluding carboxylic acids is 1. The van der Waals surface area contributed by atoms with Gasteiger partial charge in [0.1, 0.15) is 0 Å². The molecule has 0 heterocycles. The summed E-state index contributed by atoms with van der Waals surface area (Å²) in [6.45, 7) is 4.11. The molecule has 0 saturated heterocycles. The molecule has 0 bridgehead atoms. The lowest BCUT2D eigenvalue weighted by Gasteiger charge is -2.10. The van der Waals surface area contributed by atoms with E-state index < -0.39 is 0 Å². The van der Waals surface area contributed by atoms with Gasteiger partial charge in [-0.1, -0.05) is 31.5 Å². The molecule has 1 atom stereocenters. The smallest absolute Gasteiger partial charge is 0.224 e. The summed E-state index contributed by atoms with van der Waals surface area (Å²) < 4.78 is 0. The quantitative estimate of drug-likeness (QED) is 0.779. The molecule has 3 heteroatoms. The summed E-state index contributed by atoms with van der Waals surface area (Å²) in [5, 5.41) is 2.99. The maximum absolute atomic E-state index is 11.8. The molecule has 0 aromatic heterocycles. The lowest BCUT2D eigenvalue weighted by Crippen LogP contribution is -2.17. The standard InChI is InChI=1S/C15H24N2O/c1-3-7-13-9-4-5-10-14(13)17-15(18)11-6-8-12(2)16/h4-5,9-10,12H,3,6-8,11,16H2,1-2H3,(H,17,18). The van der Waals surface area contributed by atoms with E-state index in [4.69, 9.17) is 5.73 Å². The second-order valence-corrected chi connectivity index (χ2v) is 4.82. The fourth-order valence-electron chi connectivity index (χ4n) is 1.93. The largest absolute Gasteiger partial charge is 0.328 e. The van der Waals surface area contributed by atoms with E-state index in [2.05, 4.69) is 18.3 Å². The van der Waals surface area contributed by atoms with Crippen LogP contribution >= 0.6 is 0 Å². The van der Waals surface area contributed by atoms with Crippen LogP contribution in [-0.4, -0.2) is 11.9 Å². The lowest BCUT2D eigenvalue weighted by molar-refractivity contribution is -0.116. The zero-order valence-electron chi connectivity index (χ0n) is 11.4. The number of benzene rings is 1. The highest BCUT2D eigenvalue weighted by molar-refractivity contribution is 5.91. The first-order chi connectivity index (χ1) is 8.63. The Labute approximate surface area is 110 Å². The van der Waals surface area contributed by atoms with Crippen molar-refractivity contribution in [3.8, 4) is 0 Å². The van der Waals surface area contributed by atoms with Gasteiger partial charge in [0.05, 0.1) is 0 Å². The number of nitrogens with two attached hydrogens (primary N) is 1. The molecule has 0 radical (unpaired) electrons. The molecule has 0 aliphatic carbocycles. The number of aryl methyl sites for hydroxylation is 1. The van der Waals surface area contributed by atoms with Crippen LogP contribution in [0, 0.1) is 0 Å². The third-order valence-electron chi connectivity index (χ3n) is 2.87. The number of para-hydroxylation sites is 1. The molecule has 1 aromatic carbocycles. The Hall–Kier alpha value is -1.35. The minimum atomic E-state index is 0.0826. The van der Waals surface area contributed by atoms with Gasteiger partial charge in [0, 0.05) is 18.2 Å². The SMILES string of the molecule is CCCc1ccccc1NC(=O)CCCC(C)N. The molecule has 1 aromatic rings. The van der Waals surface area contributed by atoms with Gasteiger partial charge in [0.2, 0.25) is 5.91 Å². The maximum atomic E-state index is 11.8. The van der Waals surface area contributed by atoms with Gasteiger partial charge in [-0.2, -0.15) is 0 Å². The van der Waals surface area contributed by atoms with Crippen LogP contribution in [0.4, 0.5) is 5.69 Å². The van der Waals surface area contributed by atoms with E-state index in [1.54, 1.807) is 0 Å². The van der Waals surface area contributed by atoms with Gasteiger partial charge in [-0.3, -0.25) is 4.79 Å². The van der Waals surface area contributed by atoms with Crippen molar-refractivity contribution in [2.24, 2.45) is 5.73 Å². The molecule has 0 saturated carbocycles. The van der Waals surface area contributed by atoms with Crippen molar-refractivity contribution in [2.45, 2.75) is 52.0 Å². The van der Waals surface area contributed by atoms with E-state index in [1.807, 2.05) is 25.1 Å². The van der Waals surface area contributed by atoms with Crippen LogP contribution < -0.4 is 11.1 Å². The summed E-state index contributed by atoms with van der Waals surface area (Å²) in [6, 6.07) is 8.17. The fourth-order valence-corrected chi connectivity index (χ4v) is 1.93. The van der Waals surface area contributed by atoms with Gasteiger partial charge in [-0.25, -0.2) is 0 Å². The van der Waals surface area contributed by atoms with E-state index in [0.717, 1.165) is 31.4 Å². The van der Waals surface area contributed by atoms with Crippen molar-refractivity contribution in [1.82, 2.24) is 0 Å². The van der Waals surface area contributed by atoms with Crippen molar-refractivity contribution in [3.05, 3.63) is 29.8 Å². The summed E-state index contributed by atoms with van der Waals surface area (Å²) in [7, 11) is 0. The van der Waals surface area contributed by atoms with Gasteiger partial charge >= 0.3 is 0 Å². The first-order valence-electron chi connectivity index (χ1n) is 6.76. The number of carbonyl (C=O) groups is 1. The Morgan fingerprint density at radius 3 is 2.78 bits per heavy atom. The minimum Gasteiger partial charge on any atom is -0.328 e. The first-order valence-corrected chi connectivity index (χ1v) is 6.76. The van der Waals surface area contributed by atoms with Crippen molar-refractivity contribution in [3.63, 3.8) is 0 Å². The Kier molecular flexibility index (Phi) is 6.44. The molecule has 100 valence electrons. The molecule has 1 rings (SSSR count). The average Bonchev–Trinajstić information content (AvgIpc) is 2.31. The van der Waals surface area contributed by atoms with Gasteiger partial charge in [0.25, 0.3) is 0 Å². The van der Waals surface area contributed by atoms with E-state index in [1.165, 1.54) is 5.56 Å². The normalized spacial score (nSPS) is 12.2. The van der Waals surface area contributed by atoms with Gasteiger partial charge in [-0.15, -0.1) is 0 Å². The number of hydrogen-bond acceptors (Lipinski definition) is 2. The maximum Gasteiger partial charge on any atom is 0.224 e. The van der Waals surface area contributed by atoms with Crippen LogP contribution in [0.3, 0.4) is 0 Å². The van der Waals surface area contributed by atoms with E-state index in [9.17, 15) is 4.79 Å². The number of rotatable bonds is 7. The molecule has 0 aliphatic heterocycles. The van der Waals surface area contributed by atoms with Gasteiger partial charge in [0.15, 0.2) is 0 Å². The van der Waals surface area contributed by atoms with Crippen LogP contribution in [0.25, 0.3) is 0 Å². The van der Waals surface area contributed by atoms with Crippen molar-refractivity contribution in [1.29, 1.82) is 0 Å². The lowest BCUT2D eigenvalue weighted by atomic mass is 10.1. The van der Waals surface area contributed by atoms with Crippen molar-refractivity contribution in [2.75, 3.05) is 5.32 Å². The first kappa shape index (κ1) is 14.7. The van der Waals surface area contributed by atoms with E-state index in [-0.39, 0.29) is 11.9 Å². The summed E-state index contributed by atoms with van der Waals surface area (Å²) in [5.41, 5.74) is 7.82. The van der Waals surface area contributed by atoms with Crippen LogP contribution in [0.2, 0.25) is 0 Å². The summed E-state index contributed by atoms with van der Waals surface area (Å²) >= 11 is 0. The average molecular weight is 248 g/mol. The number of hydrogen-bond donors (Lipinski definition) is 2.